The molecule has 0 aliphatic carbocycles. The van der Waals surface area contributed by atoms with Crippen LogP contribution in [0.1, 0.15) is 26.7 Å². The van der Waals surface area contributed by atoms with Crippen molar-refractivity contribution in [1.82, 2.24) is 16.0 Å². The first-order valence-electron chi connectivity index (χ1n) is 7.13. The Morgan fingerprint density at radius 1 is 0.917 bits per heavy atom. The van der Waals surface area contributed by atoms with E-state index in [4.69, 9.17) is 15.9 Å². The Balaban J connectivity index is 4.89. The van der Waals surface area contributed by atoms with Crippen LogP contribution < -0.4 is 21.7 Å². The van der Waals surface area contributed by atoms with Crippen molar-refractivity contribution in [3.63, 3.8) is 0 Å². The van der Waals surface area contributed by atoms with Gasteiger partial charge in [0.25, 0.3) is 0 Å². The fraction of sp³-hybridized carbons (Fsp3) is 0.615. The SMILES string of the molecule is CC(NC(=O)C(CCC(=O)O)NC(=O)C(C)NC(=O)CN)C(=O)O. The van der Waals surface area contributed by atoms with E-state index < -0.39 is 54.2 Å². The Hall–Kier alpha value is -2.69. The average molecular weight is 346 g/mol. The predicted octanol–water partition coefficient (Wildman–Crippen LogP) is -2.61. The maximum absolute atomic E-state index is 12.0. The lowest BCUT2D eigenvalue weighted by Gasteiger charge is -2.21. The molecule has 0 saturated carbocycles. The fourth-order valence-corrected chi connectivity index (χ4v) is 1.58. The molecule has 0 aromatic rings. The number of nitrogens with one attached hydrogen (secondary N) is 3. The molecule has 0 fully saturated rings. The lowest BCUT2D eigenvalue weighted by atomic mass is 10.1. The highest BCUT2D eigenvalue weighted by molar-refractivity contribution is 5.93. The molecule has 3 amide bonds. The molecule has 0 spiro atoms. The molecule has 3 unspecified atom stereocenters. The van der Waals surface area contributed by atoms with Crippen molar-refractivity contribution < 1.29 is 34.2 Å². The zero-order chi connectivity index (χ0) is 18.9. The van der Waals surface area contributed by atoms with Crippen molar-refractivity contribution in [3.8, 4) is 0 Å². The van der Waals surface area contributed by atoms with E-state index in [0.717, 1.165) is 0 Å². The van der Waals surface area contributed by atoms with E-state index in [-0.39, 0.29) is 13.0 Å². The molecule has 0 aliphatic heterocycles. The minimum Gasteiger partial charge on any atom is -0.481 e. The summed E-state index contributed by atoms with van der Waals surface area (Å²) in [6.07, 6.45) is -0.653. The van der Waals surface area contributed by atoms with Gasteiger partial charge in [-0.2, -0.15) is 0 Å². The Bertz CT molecular complexity index is 509. The van der Waals surface area contributed by atoms with Crippen LogP contribution in [0.15, 0.2) is 0 Å². The van der Waals surface area contributed by atoms with Gasteiger partial charge in [0.2, 0.25) is 17.7 Å². The number of amides is 3. The van der Waals surface area contributed by atoms with Crippen molar-refractivity contribution in [1.29, 1.82) is 0 Å². The molecule has 0 aromatic heterocycles. The van der Waals surface area contributed by atoms with Crippen molar-refractivity contribution in [2.24, 2.45) is 5.73 Å². The summed E-state index contributed by atoms with van der Waals surface area (Å²) in [6, 6.07) is -3.47. The Morgan fingerprint density at radius 2 is 1.50 bits per heavy atom. The van der Waals surface area contributed by atoms with Crippen LogP contribution in [0, 0.1) is 0 Å². The molecule has 7 N–H and O–H groups in total. The molecule has 3 atom stereocenters. The minimum absolute atomic E-state index is 0.239. The number of hydrogen-bond donors (Lipinski definition) is 6. The standard InChI is InChI=1S/C13H22N4O7/c1-6(15-9(18)5-14)11(21)17-8(3-4-10(19)20)12(22)16-7(2)13(23)24/h6-8H,3-5,14H2,1-2H3,(H,15,18)(H,16,22)(H,17,21)(H,19,20)(H,23,24). The summed E-state index contributed by atoms with van der Waals surface area (Å²) in [5, 5.41) is 24.2. The zero-order valence-electron chi connectivity index (χ0n) is 13.4. The van der Waals surface area contributed by atoms with Gasteiger partial charge in [-0.25, -0.2) is 0 Å². The normalized spacial score (nSPS) is 14.0. The smallest absolute Gasteiger partial charge is 0.325 e. The van der Waals surface area contributed by atoms with Gasteiger partial charge < -0.3 is 31.9 Å². The minimum atomic E-state index is -1.28. The van der Waals surface area contributed by atoms with Gasteiger partial charge >= 0.3 is 11.9 Å². The maximum atomic E-state index is 12.0. The molecule has 0 radical (unpaired) electrons. The number of aliphatic carboxylic acids is 2. The van der Waals surface area contributed by atoms with Gasteiger partial charge in [0, 0.05) is 6.42 Å². The quantitative estimate of drug-likeness (QED) is 0.248. The molecule has 0 bridgehead atoms. The highest BCUT2D eigenvalue weighted by Gasteiger charge is 2.26. The molecule has 24 heavy (non-hydrogen) atoms. The second kappa shape index (κ2) is 10.2. The highest BCUT2D eigenvalue weighted by Crippen LogP contribution is 2.00. The first-order valence-corrected chi connectivity index (χ1v) is 7.13. The number of carbonyl (C=O) groups is 5. The van der Waals surface area contributed by atoms with Crippen LogP contribution in [0.2, 0.25) is 0 Å². The molecule has 136 valence electrons. The number of hydrogen-bond acceptors (Lipinski definition) is 6. The van der Waals surface area contributed by atoms with Crippen molar-refractivity contribution in [2.45, 2.75) is 44.8 Å². The molecular weight excluding hydrogens is 324 g/mol. The van der Waals surface area contributed by atoms with Gasteiger partial charge in [-0.1, -0.05) is 0 Å². The lowest BCUT2D eigenvalue weighted by Crippen LogP contribution is -2.55. The van der Waals surface area contributed by atoms with Crippen LogP contribution in [0.3, 0.4) is 0 Å². The van der Waals surface area contributed by atoms with Crippen molar-refractivity contribution in [2.75, 3.05) is 6.54 Å². The van der Waals surface area contributed by atoms with Crippen molar-refractivity contribution >= 4 is 29.7 Å². The third-order valence-corrected chi connectivity index (χ3v) is 2.97. The van der Waals surface area contributed by atoms with Gasteiger partial charge in [0.15, 0.2) is 0 Å². The van der Waals surface area contributed by atoms with E-state index in [1.807, 2.05) is 0 Å². The molecule has 0 saturated heterocycles. The van der Waals surface area contributed by atoms with Crippen LogP contribution in [-0.2, 0) is 24.0 Å². The van der Waals surface area contributed by atoms with Gasteiger partial charge in [-0.15, -0.1) is 0 Å². The van der Waals surface area contributed by atoms with Crippen LogP contribution in [0.5, 0.6) is 0 Å². The monoisotopic (exact) mass is 346 g/mol. The molecule has 0 rings (SSSR count). The summed E-state index contributed by atoms with van der Waals surface area (Å²) in [5.41, 5.74) is 5.11. The molecule has 0 heterocycles. The van der Waals surface area contributed by atoms with Crippen LogP contribution in [0.25, 0.3) is 0 Å². The van der Waals surface area contributed by atoms with E-state index in [1.54, 1.807) is 0 Å². The first kappa shape index (κ1) is 21.3. The molecule has 0 aromatic carbocycles. The largest absolute Gasteiger partial charge is 0.481 e. The van der Waals surface area contributed by atoms with E-state index in [1.165, 1.54) is 13.8 Å². The van der Waals surface area contributed by atoms with Gasteiger partial charge in [0.05, 0.1) is 6.54 Å². The molecule has 11 heteroatoms. The van der Waals surface area contributed by atoms with Crippen LogP contribution >= 0.6 is 0 Å². The number of nitrogens with two attached hydrogens (primary N) is 1. The average Bonchev–Trinajstić information content (AvgIpc) is 2.50. The van der Waals surface area contributed by atoms with E-state index >= 15 is 0 Å². The van der Waals surface area contributed by atoms with Crippen molar-refractivity contribution in [3.05, 3.63) is 0 Å². The third kappa shape index (κ3) is 8.08. The molecule has 0 aliphatic rings. The molecule has 11 nitrogen and oxygen atoms in total. The topological polar surface area (TPSA) is 188 Å². The Labute approximate surface area is 138 Å². The second-order valence-corrected chi connectivity index (χ2v) is 5.06. The highest BCUT2D eigenvalue weighted by atomic mass is 16.4. The number of carbonyl (C=O) groups excluding carboxylic acids is 3. The zero-order valence-corrected chi connectivity index (χ0v) is 13.4. The van der Waals surface area contributed by atoms with E-state index in [2.05, 4.69) is 16.0 Å². The summed E-state index contributed by atoms with van der Waals surface area (Å²) in [4.78, 5) is 56.5. The van der Waals surface area contributed by atoms with E-state index in [9.17, 15) is 24.0 Å². The first-order chi connectivity index (χ1) is 11.1. The number of carboxylic acids is 2. The summed E-state index contributed by atoms with van der Waals surface area (Å²) in [5.74, 6) is -4.61. The summed E-state index contributed by atoms with van der Waals surface area (Å²) in [6.45, 7) is 2.26. The van der Waals surface area contributed by atoms with Gasteiger partial charge in [-0.05, 0) is 20.3 Å². The summed E-state index contributed by atoms with van der Waals surface area (Å²) >= 11 is 0. The van der Waals surface area contributed by atoms with Gasteiger partial charge in [-0.3, -0.25) is 24.0 Å². The maximum Gasteiger partial charge on any atom is 0.325 e. The predicted molar refractivity (Wildman–Crippen MR) is 80.7 cm³/mol. The van der Waals surface area contributed by atoms with Crippen LogP contribution in [0.4, 0.5) is 0 Å². The summed E-state index contributed by atoms with van der Waals surface area (Å²) in [7, 11) is 0. The van der Waals surface area contributed by atoms with Gasteiger partial charge in [0.1, 0.15) is 18.1 Å². The fourth-order valence-electron chi connectivity index (χ4n) is 1.58. The Morgan fingerprint density at radius 3 is 1.96 bits per heavy atom. The number of rotatable bonds is 10. The second-order valence-electron chi connectivity index (χ2n) is 5.06. The van der Waals surface area contributed by atoms with Crippen LogP contribution in [-0.4, -0.2) is 64.5 Å². The third-order valence-electron chi connectivity index (χ3n) is 2.97. The number of carboxylic acid groups (broad SMARTS) is 2. The van der Waals surface area contributed by atoms with E-state index in [0.29, 0.717) is 0 Å². The Kier molecular flexibility index (Phi) is 9.02. The lowest BCUT2D eigenvalue weighted by molar-refractivity contribution is -0.142. The molecular formula is C13H22N4O7. The summed E-state index contributed by atoms with van der Waals surface area (Å²) < 4.78 is 0.